The van der Waals surface area contributed by atoms with Gasteiger partial charge in [0.05, 0.1) is 11.1 Å². The lowest BCUT2D eigenvalue weighted by molar-refractivity contribution is -0.222. The van der Waals surface area contributed by atoms with Gasteiger partial charge in [-0.15, -0.1) is 0 Å². The third-order valence-electron chi connectivity index (χ3n) is 2.68. The summed E-state index contributed by atoms with van der Waals surface area (Å²) in [5.41, 5.74) is 0.527. The third-order valence-corrected chi connectivity index (χ3v) is 3.30. The van der Waals surface area contributed by atoms with Crippen molar-refractivity contribution < 1.29 is 23.8 Å². The van der Waals surface area contributed by atoms with Gasteiger partial charge in [-0.3, -0.25) is 0 Å². The van der Waals surface area contributed by atoms with Crippen LogP contribution in [0, 0.1) is 0 Å². The van der Waals surface area contributed by atoms with E-state index in [1.54, 1.807) is 18.2 Å². The molecule has 0 radical (unpaired) electrons. The van der Waals surface area contributed by atoms with E-state index in [-0.39, 0.29) is 5.57 Å². The Morgan fingerprint density at radius 3 is 2.38 bits per heavy atom. The largest absolute Gasteiger partial charge is 0.493 e. The normalized spacial score (nSPS) is 17.0. The Morgan fingerprint density at radius 1 is 1.24 bits per heavy atom. The molecule has 1 aromatic rings. The van der Waals surface area contributed by atoms with Gasteiger partial charge < -0.3 is 14.2 Å². The molecular formula is C15H15BrO5. The molecule has 1 aliphatic heterocycles. The summed E-state index contributed by atoms with van der Waals surface area (Å²) in [4.78, 5) is 23.7. The van der Waals surface area contributed by atoms with Crippen LogP contribution in [0.5, 0.6) is 5.75 Å². The van der Waals surface area contributed by atoms with Gasteiger partial charge in [0.25, 0.3) is 5.79 Å². The number of esters is 2. The lowest BCUT2D eigenvalue weighted by atomic mass is 10.1. The first-order valence-electron chi connectivity index (χ1n) is 6.43. The van der Waals surface area contributed by atoms with Crippen molar-refractivity contribution in [1.82, 2.24) is 0 Å². The second-order valence-electron chi connectivity index (χ2n) is 4.86. The number of carbonyl (C=O) groups excluding carboxylic acids is 2. The quantitative estimate of drug-likeness (QED) is 0.474. The zero-order valence-corrected chi connectivity index (χ0v) is 13.5. The van der Waals surface area contributed by atoms with Crippen molar-refractivity contribution in [3.05, 3.63) is 33.8 Å². The molecule has 1 fully saturated rings. The van der Waals surface area contributed by atoms with Gasteiger partial charge in [-0.1, -0.05) is 6.07 Å². The Hall–Kier alpha value is -1.82. The van der Waals surface area contributed by atoms with Gasteiger partial charge in [0.2, 0.25) is 0 Å². The summed E-state index contributed by atoms with van der Waals surface area (Å²) in [7, 11) is 0. The number of cyclic esters (lactones) is 2. The van der Waals surface area contributed by atoms with Crippen molar-refractivity contribution in [2.45, 2.75) is 26.6 Å². The minimum absolute atomic E-state index is 0.134. The minimum Gasteiger partial charge on any atom is -0.493 e. The topological polar surface area (TPSA) is 61.8 Å². The molecule has 1 aromatic carbocycles. The Kier molecular flexibility index (Phi) is 4.37. The second-order valence-corrected chi connectivity index (χ2v) is 5.71. The van der Waals surface area contributed by atoms with E-state index in [9.17, 15) is 9.59 Å². The van der Waals surface area contributed by atoms with Gasteiger partial charge in [-0.25, -0.2) is 9.59 Å². The Bertz CT molecular complexity index is 596. The minimum atomic E-state index is -1.23. The van der Waals surface area contributed by atoms with Crippen LogP contribution in [-0.4, -0.2) is 24.3 Å². The molecule has 0 spiro atoms. The van der Waals surface area contributed by atoms with Crippen molar-refractivity contribution in [2.75, 3.05) is 6.61 Å². The highest BCUT2D eigenvalue weighted by molar-refractivity contribution is 9.10. The molecule has 1 heterocycles. The van der Waals surface area contributed by atoms with E-state index in [0.717, 1.165) is 4.47 Å². The number of rotatable bonds is 3. The highest BCUT2D eigenvalue weighted by Gasteiger charge is 2.38. The van der Waals surface area contributed by atoms with E-state index in [0.29, 0.717) is 17.9 Å². The molecule has 0 N–H and O–H groups in total. The zero-order chi connectivity index (χ0) is 15.6. The van der Waals surface area contributed by atoms with Crippen LogP contribution in [-0.2, 0) is 19.1 Å². The lowest BCUT2D eigenvalue weighted by Gasteiger charge is -2.29. The van der Waals surface area contributed by atoms with Crippen LogP contribution < -0.4 is 4.74 Å². The second kappa shape index (κ2) is 5.89. The summed E-state index contributed by atoms with van der Waals surface area (Å²) in [6.07, 6.45) is 1.43. The van der Waals surface area contributed by atoms with Gasteiger partial charge in [-0.05, 0) is 46.6 Å². The Labute approximate surface area is 131 Å². The highest BCUT2D eigenvalue weighted by atomic mass is 79.9. The monoisotopic (exact) mass is 354 g/mol. The van der Waals surface area contributed by atoms with E-state index in [1.807, 2.05) is 6.92 Å². The molecule has 21 heavy (non-hydrogen) atoms. The number of ether oxygens (including phenoxy) is 3. The number of halogens is 1. The zero-order valence-electron chi connectivity index (χ0n) is 11.9. The molecule has 6 heteroatoms. The van der Waals surface area contributed by atoms with E-state index < -0.39 is 17.7 Å². The fourth-order valence-corrected chi connectivity index (χ4v) is 2.34. The van der Waals surface area contributed by atoms with Gasteiger partial charge in [-0.2, -0.15) is 0 Å². The van der Waals surface area contributed by atoms with Crippen LogP contribution >= 0.6 is 15.9 Å². The lowest BCUT2D eigenvalue weighted by Crippen LogP contribution is -2.41. The van der Waals surface area contributed by atoms with Crippen LogP contribution in [0.3, 0.4) is 0 Å². The van der Waals surface area contributed by atoms with Gasteiger partial charge in [0.1, 0.15) is 11.3 Å². The highest BCUT2D eigenvalue weighted by Crippen LogP contribution is 2.28. The first kappa shape index (κ1) is 15.6. The van der Waals surface area contributed by atoms with Crippen molar-refractivity contribution in [1.29, 1.82) is 0 Å². The number of carbonyl (C=O) groups is 2. The molecule has 0 saturated carbocycles. The van der Waals surface area contributed by atoms with Crippen LogP contribution in [0.1, 0.15) is 26.3 Å². The summed E-state index contributed by atoms with van der Waals surface area (Å²) < 4.78 is 16.2. The van der Waals surface area contributed by atoms with Crippen molar-refractivity contribution in [3.8, 4) is 5.75 Å². The average Bonchev–Trinajstić information content (AvgIpc) is 2.36. The smallest absolute Gasteiger partial charge is 0.348 e. The summed E-state index contributed by atoms with van der Waals surface area (Å²) >= 11 is 3.37. The molecule has 0 aromatic heterocycles. The molecule has 1 saturated heterocycles. The van der Waals surface area contributed by atoms with E-state index in [2.05, 4.69) is 15.9 Å². The first-order valence-corrected chi connectivity index (χ1v) is 7.22. The van der Waals surface area contributed by atoms with Crippen LogP contribution in [0.2, 0.25) is 0 Å². The third kappa shape index (κ3) is 3.64. The average molecular weight is 355 g/mol. The first-order chi connectivity index (χ1) is 9.82. The molecule has 5 nitrogen and oxygen atoms in total. The molecular weight excluding hydrogens is 340 g/mol. The molecule has 2 rings (SSSR count). The Balaban J connectivity index is 2.29. The fourth-order valence-electron chi connectivity index (χ4n) is 1.82. The number of hydrogen-bond donors (Lipinski definition) is 0. The fraction of sp³-hybridized carbons (Fsp3) is 0.333. The number of benzene rings is 1. The Morgan fingerprint density at radius 2 is 1.86 bits per heavy atom. The van der Waals surface area contributed by atoms with Crippen LogP contribution in [0.25, 0.3) is 6.08 Å². The maximum Gasteiger partial charge on any atom is 0.348 e. The van der Waals surface area contributed by atoms with Crippen LogP contribution in [0.4, 0.5) is 0 Å². The summed E-state index contributed by atoms with van der Waals surface area (Å²) in [5, 5.41) is 0. The van der Waals surface area contributed by atoms with Crippen molar-refractivity contribution in [2.24, 2.45) is 0 Å². The molecule has 112 valence electrons. The molecule has 0 bridgehead atoms. The van der Waals surface area contributed by atoms with Gasteiger partial charge >= 0.3 is 11.9 Å². The predicted molar refractivity (Wildman–Crippen MR) is 79.6 cm³/mol. The summed E-state index contributed by atoms with van der Waals surface area (Å²) in [6, 6.07) is 5.24. The maximum atomic E-state index is 11.9. The predicted octanol–water partition coefficient (Wildman–Crippen LogP) is 3.07. The molecule has 0 aliphatic carbocycles. The van der Waals surface area contributed by atoms with Gasteiger partial charge in [0, 0.05) is 13.8 Å². The summed E-state index contributed by atoms with van der Waals surface area (Å²) in [5.74, 6) is -1.93. The molecule has 0 amide bonds. The molecule has 0 atom stereocenters. The molecule has 0 unspecified atom stereocenters. The van der Waals surface area contributed by atoms with Crippen molar-refractivity contribution >= 4 is 33.9 Å². The number of hydrogen-bond acceptors (Lipinski definition) is 5. The van der Waals surface area contributed by atoms with E-state index >= 15 is 0 Å². The van der Waals surface area contributed by atoms with E-state index in [1.165, 1.54) is 19.9 Å². The summed E-state index contributed by atoms with van der Waals surface area (Å²) in [6.45, 7) is 5.45. The van der Waals surface area contributed by atoms with Gasteiger partial charge in [0.15, 0.2) is 0 Å². The van der Waals surface area contributed by atoms with E-state index in [4.69, 9.17) is 14.2 Å². The molecule has 1 aliphatic rings. The van der Waals surface area contributed by atoms with Crippen molar-refractivity contribution in [3.63, 3.8) is 0 Å². The standard InChI is InChI=1S/C15H15BrO5/c1-4-19-12-6-5-9(8-11(12)16)7-10-13(17)20-15(2,3)21-14(10)18/h5-8H,4H2,1-3H3. The SMILES string of the molecule is CCOc1ccc(C=C2C(=O)OC(C)(C)OC2=O)cc1Br. The maximum absolute atomic E-state index is 11.9. The van der Waals surface area contributed by atoms with Crippen LogP contribution in [0.15, 0.2) is 28.2 Å².